The Morgan fingerprint density at radius 2 is 2.30 bits per heavy atom. The van der Waals surface area contributed by atoms with Crippen molar-refractivity contribution in [3.05, 3.63) is 23.8 Å². The normalized spacial score (nSPS) is 19.8. The van der Waals surface area contributed by atoms with Crippen molar-refractivity contribution >= 4 is 32.6 Å². The monoisotopic (exact) mass is 289 g/mol. The minimum absolute atomic E-state index is 0.0441. The maximum atomic E-state index is 12.3. The molecule has 1 unspecified atom stereocenters. The van der Waals surface area contributed by atoms with Gasteiger partial charge in [0.2, 0.25) is 5.91 Å². The van der Waals surface area contributed by atoms with Gasteiger partial charge in [-0.15, -0.1) is 0 Å². The van der Waals surface area contributed by atoms with Gasteiger partial charge in [-0.2, -0.15) is 0 Å². The zero-order valence-corrected chi connectivity index (χ0v) is 12.4. The number of aromatic nitrogens is 1. The lowest BCUT2D eigenvalue weighted by Gasteiger charge is -2.13. The fourth-order valence-corrected chi connectivity index (χ4v) is 3.50. The Bertz CT molecular complexity index is 615. The number of carbonyl (C=O) groups excluding carboxylic acids is 1. The van der Waals surface area contributed by atoms with Gasteiger partial charge in [-0.25, -0.2) is 4.98 Å². The topological polar surface area (TPSA) is 54.0 Å². The lowest BCUT2D eigenvalue weighted by Crippen LogP contribution is -2.39. The van der Waals surface area contributed by atoms with Crippen LogP contribution in [0.1, 0.15) is 31.2 Å². The summed E-state index contributed by atoms with van der Waals surface area (Å²) < 4.78 is 1.12. The number of nitrogens with zero attached hydrogens (tertiary/aromatic N) is 1. The van der Waals surface area contributed by atoms with Crippen LogP contribution in [0.4, 0.5) is 5.13 Å². The molecule has 2 heterocycles. The smallest absolute Gasteiger partial charge is 0.243 e. The van der Waals surface area contributed by atoms with Gasteiger partial charge in [0.15, 0.2) is 5.13 Å². The van der Waals surface area contributed by atoms with E-state index in [0.29, 0.717) is 5.13 Å². The highest BCUT2D eigenvalue weighted by Crippen LogP contribution is 2.26. The van der Waals surface area contributed by atoms with E-state index in [-0.39, 0.29) is 11.9 Å². The summed E-state index contributed by atoms with van der Waals surface area (Å²) in [7, 11) is 0. The fourth-order valence-electron chi connectivity index (χ4n) is 2.53. The average Bonchev–Trinajstić information content (AvgIpc) is 2.64. The summed E-state index contributed by atoms with van der Waals surface area (Å²) in [5, 5.41) is 6.96. The predicted octanol–water partition coefficient (Wildman–Crippen LogP) is 3.08. The van der Waals surface area contributed by atoms with E-state index in [9.17, 15) is 4.79 Å². The molecule has 0 saturated carbocycles. The van der Waals surface area contributed by atoms with Crippen molar-refractivity contribution in [2.24, 2.45) is 0 Å². The van der Waals surface area contributed by atoms with Crippen molar-refractivity contribution in [2.75, 3.05) is 11.9 Å². The van der Waals surface area contributed by atoms with E-state index in [0.717, 1.165) is 36.0 Å². The van der Waals surface area contributed by atoms with E-state index in [1.165, 1.54) is 23.3 Å². The lowest BCUT2D eigenvalue weighted by molar-refractivity contribution is -0.118. The molecule has 106 valence electrons. The van der Waals surface area contributed by atoms with Crippen LogP contribution in [0.5, 0.6) is 0 Å². The van der Waals surface area contributed by atoms with Crippen LogP contribution in [0.2, 0.25) is 0 Å². The van der Waals surface area contributed by atoms with Gasteiger partial charge < -0.3 is 10.6 Å². The van der Waals surface area contributed by atoms with Crippen LogP contribution >= 0.6 is 11.3 Å². The first-order valence-corrected chi connectivity index (χ1v) is 7.95. The molecule has 1 aromatic heterocycles. The van der Waals surface area contributed by atoms with Gasteiger partial charge in [0, 0.05) is 0 Å². The van der Waals surface area contributed by atoms with Gasteiger partial charge in [0.05, 0.1) is 16.3 Å². The number of hydrogen-bond donors (Lipinski definition) is 2. The molecule has 1 fully saturated rings. The van der Waals surface area contributed by atoms with Crippen LogP contribution in [0.25, 0.3) is 10.2 Å². The van der Waals surface area contributed by atoms with Crippen LogP contribution in [0, 0.1) is 6.92 Å². The summed E-state index contributed by atoms with van der Waals surface area (Å²) in [6, 6.07) is 6.07. The van der Waals surface area contributed by atoms with Crippen molar-refractivity contribution in [1.29, 1.82) is 0 Å². The first-order chi connectivity index (χ1) is 9.72. The summed E-state index contributed by atoms with van der Waals surface area (Å²) in [4.78, 5) is 16.7. The number of benzene rings is 1. The minimum Gasteiger partial charge on any atom is -0.306 e. The van der Waals surface area contributed by atoms with Crippen LogP contribution in [-0.4, -0.2) is 23.5 Å². The molecule has 0 spiro atoms. The fraction of sp³-hybridized carbons (Fsp3) is 0.467. The van der Waals surface area contributed by atoms with E-state index in [2.05, 4.69) is 28.6 Å². The standard InChI is InChI=1S/C15H19N3OS/c1-10-6-7-11-13(9-10)20-15(17-11)18-14(19)12-5-3-2-4-8-16-12/h6-7,9,12,16H,2-5,8H2,1H3,(H,17,18,19). The van der Waals surface area contributed by atoms with Gasteiger partial charge >= 0.3 is 0 Å². The summed E-state index contributed by atoms with van der Waals surface area (Å²) in [6.07, 6.45) is 4.39. The van der Waals surface area contributed by atoms with Gasteiger partial charge in [0.25, 0.3) is 0 Å². The Morgan fingerprint density at radius 1 is 1.40 bits per heavy atom. The van der Waals surface area contributed by atoms with Gasteiger partial charge in [-0.05, 0) is 44.0 Å². The summed E-state index contributed by atoms with van der Waals surface area (Å²) in [6.45, 7) is 2.99. The van der Waals surface area contributed by atoms with Crippen molar-refractivity contribution < 1.29 is 4.79 Å². The molecule has 0 bridgehead atoms. The molecule has 1 amide bonds. The van der Waals surface area contributed by atoms with Crippen LogP contribution < -0.4 is 10.6 Å². The molecule has 4 nitrogen and oxygen atoms in total. The molecule has 1 aromatic carbocycles. The molecule has 0 aliphatic carbocycles. The number of aryl methyl sites for hydroxylation is 1. The summed E-state index contributed by atoms with van der Waals surface area (Å²) in [5.74, 6) is 0.0441. The molecule has 1 aliphatic heterocycles. The SMILES string of the molecule is Cc1ccc2nc(NC(=O)C3CCCCCN3)sc2c1. The number of thiazole rings is 1. The van der Waals surface area contributed by atoms with E-state index in [4.69, 9.17) is 0 Å². The molecule has 1 saturated heterocycles. The lowest BCUT2D eigenvalue weighted by atomic mass is 10.1. The second-order valence-corrected chi connectivity index (χ2v) is 6.37. The van der Waals surface area contributed by atoms with Gasteiger partial charge in [0.1, 0.15) is 0 Å². The number of amides is 1. The number of fused-ring (bicyclic) bond motifs is 1. The number of nitrogens with one attached hydrogen (secondary N) is 2. The second kappa shape index (κ2) is 5.89. The molecule has 2 aromatic rings. The Labute approximate surface area is 122 Å². The number of rotatable bonds is 2. The third-order valence-electron chi connectivity index (χ3n) is 3.65. The molecule has 3 rings (SSSR count). The Hall–Kier alpha value is -1.46. The van der Waals surface area contributed by atoms with Crippen LogP contribution in [-0.2, 0) is 4.79 Å². The van der Waals surface area contributed by atoms with E-state index in [1.54, 1.807) is 0 Å². The highest BCUT2D eigenvalue weighted by molar-refractivity contribution is 7.22. The largest absolute Gasteiger partial charge is 0.306 e. The summed E-state index contributed by atoms with van der Waals surface area (Å²) >= 11 is 1.54. The Morgan fingerprint density at radius 3 is 3.20 bits per heavy atom. The van der Waals surface area contributed by atoms with E-state index >= 15 is 0 Å². The zero-order chi connectivity index (χ0) is 13.9. The second-order valence-electron chi connectivity index (χ2n) is 5.34. The van der Waals surface area contributed by atoms with E-state index < -0.39 is 0 Å². The molecule has 2 N–H and O–H groups in total. The first-order valence-electron chi connectivity index (χ1n) is 7.14. The summed E-state index contributed by atoms with van der Waals surface area (Å²) in [5.41, 5.74) is 2.16. The highest BCUT2D eigenvalue weighted by atomic mass is 32.1. The zero-order valence-electron chi connectivity index (χ0n) is 11.6. The third kappa shape index (κ3) is 2.99. The quantitative estimate of drug-likeness (QED) is 0.893. The molecule has 0 radical (unpaired) electrons. The third-order valence-corrected chi connectivity index (χ3v) is 4.58. The maximum absolute atomic E-state index is 12.3. The first kappa shape index (κ1) is 13.5. The Balaban J connectivity index is 1.73. The molecule has 20 heavy (non-hydrogen) atoms. The van der Waals surface area contributed by atoms with Gasteiger partial charge in [-0.1, -0.05) is 30.2 Å². The van der Waals surface area contributed by atoms with Crippen LogP contribution in [0.15, 0.2) is 18.2 Å². The van der Waals surface area contributed by atoms with Crippen molar-refractivity contribution in [2.45, 2.75) is 38.6 Å². The molecule has 1 aliphatic rings. The number of carbonyl (C=O) groups is 1. The molecular formula is C15H19N3OS. The molecule has 1 atom stereocenters. The van der Waals surface area contributed by atoms with Crippen molar-refractivity contribution in [3.8, 4) is 0 Å². The highest BCUT2D eigenvalue weighted by Gasteiger charge is 2.20. The minimum atomic E-state index is -0.0775. The average molecular weight is 289 g/mol. The Kier molecular flexibility index (Phi) is 3.98. The van der Waals surface area contributed by atoms with Crippen molar-refractivity contribution in [1.82, 2.24) is 10.3 Å². The molecular weight excluding hydrogens is 270 g/mol. The molecule has 5 heteroatoms. The number of anilines is 1. The predicted molar refractivity (Wildman–Crippen MR) is 83.2 cm³/mol. The van der Waals surface area contributed by atoms with Crippen LogP contribution in [0.3, 0.4) is 0 Å². The van der Waals surface area contributed by atoms with E-state index in [1.807, 2.05) is 12.1 Å². The van der Waals surface area contributed by atoms with Crippen molar-refractivity contribution in [3.63, 3.8) is 0 Å². The van der Waals surface area contributed by atoms with Gasteiger partial charge in [-0.3, -0.25) is 4.79 Å². The number of hydrogen-bond acceptors (Lipinski definition) is 4. The maximum Gasteiger partial charge on any atom is 0.243 e.